The van der Waals surface area contributed by atoms with Crippen LogP contribution in [0.2, 0.25) is 0 Å². The van der Waals surface area contributed by atoms with E-state index in [9.17, 15) is 4.79 Å². The lowest BCUT2D eigenvalue weighted by atomic mass is 9.89. The van der Waals surface area contributed by atoms with Gasteiger partial charge in [-0.3, -0.25) is 4.79 Å². The number of nitrogens with zero attached hydrogens (tertiary/aromatic N) is 2. The fourth-order valence-electron chi connectivity index (χ4n) is 2.01. The molecular weight excluding hydrogens is 350 g/mol. The van der Waals surface area contributed by atoms with Gasteiger partial charge in [0.2, 0.25) is 5.91 Å². The first kappa shape index (κ1) is 13.0. The van der Waals surface area contributed by atoms with Gasteiger partial charge in [-0.15, -0.1) is 0 Å². The molecule has 0 spiro atoms. The molecule has 0 unspecified atom stereocenters. The number of aromatic nitrogens is 2. The highest BCUT2D eigenvalue weighted by Gasteiger charge is 2.22. The summed E-state index contributed by atoms with van der Waals surface area (Å²) in [6.45, 7) is 0. The lowest BCUT2D eigenvalue weighted by Crippen LogP contribution is -2.25. The fourth-order valence-corrected chi connectivity index (χ4v) is 2.92. The summed E-state index contributed by atoms with van der Waals surface area (Å²) in [4.78, 5) is 20.2. The van der Waals surface area contributed by atoms with Crippen molar-refractivity contribution in [1.29, 1.82) is 0 Å². The smallest absolute Gasteiger partial charge is 0.228 e. The minimum atomic E-state index is 0.0574. The second kappa shape index (κ2) is 5.91. The number of carbonyl (C=O) groups is 1. The molecule has 1 saturated carbocycles. The van der Waals surface area contributed by atoms with Crippen molar-refractivity contribution in [3.8, 4) is 0 Å². The molecule has 0 saturated heterocycles. The van der Waals surface area contributed by atoms with E-state index in [0.29, 0.717) is 15.0 Å². The van der Waals surface area contributed by atoms with Crippen molar-refractivity contribution in [2.45, 2.75) is 32.1 Å². The van der Waals surface area contributed by atoms with Crippen LogP contribution in [0.4, 0.5) is 5.82 Å². The van der Waals surface area contributed by atoms with Gasteiger partial charge < -0.3 is 5.32 Å². The highest BCUT2D eigenvalue weighted by atomic mass is 79.9. The Labute approximate surface area is 117 Å². The lowest BCUT2D eigenvalue weighted by Gasteiger charge is -2.20. The summed E-state index contributed by atoms with van der Waals surface area (Å²) in [6.07, 6.45) is 7.06. The molecule has 17 heavy (non-hydrogen) atoms. The molecule has 0 atom stereocenters. The van der Waals surface area contributed by atoms with E-state index in [0.717, 1.165) is 25.7 Å². The van der Waals surface area contributed by atoms with Crippen LogP contribution in [0, 0.1) is 5.92 Å². The summed E-state index contributed by atoms with van der Waals surface area (Å²) >= 11 is 6.50. The van der Waals surface area contributed by atoms with E-state index >= 15 is 0 Å². The van der Waals surface area contributed by atoms with Gasteiger partial charge in [-0.25, -0.2) is 9.97 Å². The maximum atomic E-state index is 12.0. The van der Waals surface area contributed by atoms with Crippen molar-refractivity contribution >= 4 is 43.6 Å². The Morgan fingerprint density at radius 1 is 1.29 bits per heavy atom. The first-order valence-corrected chi connectivity index (χ1v) is 7.24. The van der Waals surface area contributed by atoms with E-state index in [4.69, 9.17) is 0 Å². The molecule has 1 amide bonds. The van der Waals surface area contributed by atoms with Crippen LogP contribution >= 0.6 is 31.9 Å². The Kier molecular flexibility index (Phi) is 4.50. The Hall–Kier alpha value is -0.490. The van der Waals surface area contributed by atoms with Gasteiger partial charge in [0.15, 0.2) is 5.82 Å². The third kappa shape index (κ3) is 3.48. The van der Waals surface area contributed by atoms with Gasteiger partial charge in [-0.05, 0) is 44.7 Å². The highest BCUT2D eigenvalue weighted by Crippen LogP contribution is 2.26. The summed E-state index contributed by atoms with van der Waals surface area (Å²) in [6, 6.07) is 0. The molecule has 0 aliphatic heterocycles. The quantitative estimate of drug-likeness (QED) is 0.875. The van der Waals surface area contributed by atoms with Gasteiger partial charge in [-0.2, -0.15) is 0 Å². The minimum absolute atomic E-state index is 0.0574. The number of hydrogen-bond donors (Lipinski definition) is 1. The number of hydrogen-bond acceptors (Lipinski definition) is 3. The van der Waals surface area contributed by atoms with Crippen LogP contribution < -0.4 is 5.32 Å². The van der Waals surface area contributed by atoms with Crippen molar-refractivity contribution in [2.24, 2.45) is 5.92 Å². The normalized spacial score (nSPS) is 16.8. The lowest BCUT2D eigenvalue weighted by molar-refractivity contribution is -0.120. The third-order valence-corrected chi connectivity index (χ3v) is 3.85. The van der Waals surface area contributed by atoms with Crippen LogP contribution in [-0.4, -0.2) is 15.9 Å². The minimum Gasteiger partial charge on any atom is -0.308 e. The zero-order valence-corrected chi connectivity index (χ0v) is 12.4. The van der Waals surface area contributed by atoms with Crippen molar-refractivity contribution in [3.05, 3.63) is 15.4 Å². The molecule has 1 aliphatic rings. The Morgan fingerprint density at radius 2 is 2.00 bits per heavy atom. The number of rotatable bonds is 2. The molecular formula is C11H13Br2N3O. The number of nitrogens with one attached hydrogen (secondary N) is 1. The summed E-state index contributed by atoms with van der Waals surface area (Å²) in [5, 5.41) is 2.83. The largest absolute Gasteiger partial charge is 0.308 e. The third-order valence-electron chi connectivity index (χ3n) is 2.92. The first-order chi connectivity index (χ1) is 8.16. The van der Waals surface area contributed by atoms with Gasteiger partial charge in [0.25, 0.3) is 0 Å². The number of amides is 1. The van der Waals surface area contributed by atoms with Crippen LogP contribution in [0.5, 0.6) is 0 Å². The SMILES string of the molecule is O=C(Nc1ncc(Br)nc1Br)C1CCCCC1. The molecule has 0 bridgehead atoms. The maximum absolute atomic E-state index is 12.0. The van der Waals surface area contributed by atoms with Crippen LogP contribution in [-0.2, 0) is 4.79 Å². The van der Waals surface area contributed by atoms with E-state index in [2.05, 4.69) is 47.1 Å². The maximum Gasteiger partial charge on any atom is 0.228 e. The summed E-state index contributed by atoms with van der Waals surface area (Å²) < 4.78 is 1.19. The van der Waals surface area contributed by atoms with Gasteiger partial charge >= 0.3 is 0 Å². The van der Waals surface area contributed by atoms with Crippen LogP contribution in [0.15, 0.2) is 15.4 Å². The molecule has 1 N–H and O–H groups in total. The second-order valence-electron chi connectivity index (χ2n) is 4.16. The molecule has 1 heterocycles. The highest BCUT2D eigenvalue weighted by molar-refractivity contribution is 9.11. The van der Waals surface area contributed by atoms with E-state index in [1.54, 1.807) is 6.20 Å². The molecule has 92 valence electrons. The second-order valence-corrected chi connectivity index (χ2v) is 5.72. The van der Waals surface area contributed by atoms with Crippen molar-refractivity contribution < 1.29 is 4.79 Å². The molecule has 2 rings (SSSR count). The van der Waals surface area contributed by atoms with E-state index in [1.165, 1.54) is 6.42 Å². The Bertz CT molecular complexity index is 419. The topological polar surface area (TPSA) is 54.9 Å². The number of carbonyl (C=O) groups excluding carboxylic acids is 1. The van der Waals surface area contributed by atoms with Crippen molar-refractivity contribution in [3.63, 3.8) is 0 Å². The molecule has 1 aromatic heterocycles. The number of anilines is 1. The van der Waals surface area contributed by atoms with Crippen LogP contribution in [0.1, 0.15) is 32.1 Å². The van der Waals surface area contributed by atoms with Gasteiger partial charge in [-0.1, -0.05) is 19.3 Å². The molecule has 0 radical (unpaired) electrons. The Morgan fingerprint density at radius 3 is 2.65 bits per heavy atom. The average Bonchev–Trinajstić information content (AvgIpc) is 2.34. The fraction of sp³-hybridized carbons (Fsp3) is 0.545. The van der Waals surface area contributed by atoms with Gasteiger partial charge in [0, 0.05) is 5.92 Å². The molecule has 1 aromatic rings. The Balaban J connectivity index is 2.02. The molecule has 1 aliphatic carbocycles. The van der Waals surface area contributed by atoms with E-state index < -0.39 is 0 Å². The summed E-state index contributed by atoms with van der Waals surface area (Å²) in [7, 11) is 0. The molecule has 4 nitrogen and oxygen atoms in total. The van der Waals surface area contributed by atoms with Gasteiger partial charge in [0.1, 0.15) is 9.21 Å². The number of halogens is 2. The predicted octanol–water partition coefficient (Wildman–Crippen LogP) is 3.52. The molecule has 1 fully saturated rings. The zero-order chi connectivity index (χ0) is 12.3. The zero-order valence-electron chi connectivity index (χ0n) is 9.25. The summed E-state index contributed by atoms with van der Waals surface area (Å²) in [5.74, 6) is 0.673. The van der Waals surface area contributed by atoms with E-state index in [-0.39, 0.29) is 11.8 Å². The van der Waals surface area contributed by atoms with Crippen molar-refractivity contribution in [1.82, 2.24) is 9.97 Å². The predicted molar refractivity (Wildman–Crippen MR) is 72.6 cm³/mol. The molecule has 0 aromatic carbocycles. The standard InChI is InChI=1S/C11H13Br2N3O/c12-8-6-14-10(9(13)15-8)16-11(17)7-4-2-1-3-5-7/h6-7H,1-5H2,(H,14,16,17). The van der Waals surface area contributed by atoms with Gasteiger partial charge in [0.05, 0.1) is 6.20 Å². The first-order valence-electron chi connectivity index (χ1n) is 5.65. The molecule has 6 heteroatoms. The monoisotopic (exact) mass is 361 g/mol. The van der Waals surface area contributed by atoms with Crippen LogP contribution in [0.25, 0.3) is 0 Å². The van der Waals surface area contributed by atoms with Crippen LogP contribution in [0.3, 0.4) is 0 Å². The van der Waals surface area contributed by atoms with E-state index in [1.807, 2.05) is 0 Å². The van der Waals surface area contributed by atoms with Crippen molar-refractivity contribution in [2.75, 3.05) is 5.32 Å². The average molecular weight is 363 g/mol. The summed E-state index contributed by atoms with van der Waals surface area (Å²) in [5.41, 5.74) is 0.